The summed E-state index contributed by atoms with van der Waals surface area (Å²) in [6.07, 6.45) is 3.98. The van der Waals surface area contributed by atoms with Gasteiger partial charge in [0.05, 0.1) is 12.7 Å². The molecule has 1 aromatic carbocycles. The van der Waals surface area contributed by atoms with Crippen molar-refractivity contribution in [3.05, 3.63) is 40.6 Å². The second-order valence-electron chi connectivity index (χ2n) is 3.95. The van der Waals surface area contributed by atoms with Gasteiger partial charge in [-0.05, 0) is 12.1 Å². The first-order valence-electron chi connectivity index (χ1n) is 5.13. The van der Waals surface area contributed by atoms with Crippen LogP contribution in [-0.4, -0.2) is 24.5 Å². The third-order valence-electron chi connectivity index (χ3n) is 2.51. The van der Waals surface area contributed by atoms with Gasteiger partial charge in [-0.3, -0.25) is 4.68 Å². The summed E-state index contributed by atoms with van der Waals surface area (Å²) in [5.41, 5.74) is 7.39. The summed E-state index contributed by atoms with van der Waals surface area (Å²) in [5, 5.41) is 4.02. The third-order valence-corrected chi connectivity index (χ3v) is 4.32. The lowest BCUT2D eigenvalue weighted by Crippen LogP contribution is -2.04. The SMILES string of the molecule is CS(=O)(=O)c1cnn(Cc2c(N)cccc2Br)c1. The minimum absolute atomic E-state index is 0.202. The highest BCUT2D eigenvalue weighted by Gasteiger charge is 2.11. The molecule has 0 aliphatic rings. The maximum atomic E-state index is 11.3. The standard InChI is InChI=1S/C11H12BrN3O2S/c1-18(16,17)8-5-14-15(6-8)7-9-10(12)3-2-4-11(9)13/h2-6H,7,13H2,1H3. The summed E-state index contributed by atoms with van der Waals surface area (Å²) in [6.45, 7) is 0.419. The van der Waals surface area contributed by atoms with Crippen LogP contribution in [0.3, 0.4) is 0 Å². The highest BCUT2D eigenvalue weighted by Crippen LogP contribution is 2.23. The van der Waals surface area contributed by atoms with E-state index in [-0.39, 0.29) is 4.90 Å². The number of rotatable bonds is 3. The molecule has 0 amide bonds. The van der Waals surface area contributed by atoms with Gasteiger partial charge in [0.1, 0.15) is 4.90 Å². The second kappa shape index (κ2) is 4.74. The summed E-state index contributed by atoms with van der Waals surface area (Å²) in [7, 11) is -3.22. The molecule has 96 valence electrons. The molecule has 2 aromatic rings. The van der Waals surface area contributed by atoms with Gasteiger partial charge in [0.2, 0.25) is 0 Å². The lowest BCUT2D eigenvalue weighted by molar-refractivity contribution is 0.601. The molecule has 0 unspecified atom stereocenters. The Morgan fingerprint density at radius 3 is 2.72 bits per heavy atom. The van der Waals surface area contributed by atoms with E-state index >= 15 is 0 Å². The van der Waals surface area contributed by atoms with Gasteiger partial charge in [-0.15, -0.1) is 0 Å². The van der Waals surface area contributed by atoms with Crippen LogP contribution in [0, 0.1) is 0 Å². The van der Waals surface area contributed by atoms with E-state index in [4.69, 9.17) is 5.73 Å². The van der Waals surface area contributed by atoms with Crippen LogP contribution in [0.1, 0.15) is 5.56 Å². The zero-order chi connectivity index (χ0) is 13.3. The topological polar surface area (TPSA) is 78.0 Å². The molecule has 2 N–H and O–H groups in total. The highest BCUT2D eigenvalue weighted by molar-refractivity contribution is 9.10. The van der Waals surface area contributed by atoms with E-state index in [0.717, 1.165) is 16.3 Å². The second-order valence-corrected chi connectivity index (χ2v) is 6.82. The number of hydrogen-bond acceptors (Lipinski definition) is 4. The average molecular weight is 330 g/mol. The van der Waals surface area contributed by atoms with E-state index in [1.54, 1.807) is 10.7 Å². The van der Waals surface area contributed by atoms with Crippen molar-refractivity contribution in [2.75, 3.05) is 12.0 Å². The number of nitrogens with zero attached hydrogens (tertiary/aromatic N) is 2. The van der Waals surface area contributed by atoms with Crippen molar-refractivity contribution in [2.45, 2.75) is 11.4 Å². The molecule has 7 heteroatoms. The van der Waals surface area contributed by atoms with Gasteiger partial charge in [-0.2, -0.15) is 5.10 Å². The normalized spacial score (nSPS) is 11.7. The molecular weight excluding hydrogens is 318 g/mol. The molecule has 1 aromatic heterocycles. The molecular formula is C11H12BrN3O2S. The van der Waals surface area contributed by atoms with Crippen LogP contribution >= 0.6 is 15.9 Å². The molecule has 0 atom stereocenters. The van der Waals surface area contributed by atoms with Gasteiger partial charge < -0.3 is 5.73 Å². The van der Waals surface area contributed by atoms with Crippen molar-refractivity contribution in [3.63, 3.8) is 0 Å². The molecule has 0 saturated carbocycles. The smallest absolute Gasteiger partial charge is 0.178 e. The lowest BCUT2D eigenvalue weighted by atomic mass is 10.2. The number of sulfone groups is 1. The van der Waals surface area contributed by atoms with Crippen molar-refractivity contribution in [1.82, 2.24) is 9.78 Å². The summed E-state index contributed by atoms with van der Waals surface area (Å²) < 4.78 is 25.1. The van der Waals surface area contributed by atoms with Crippen molar-refractivity contribution in [1.29, 1.82) is 0 Å². The van der Waals surface area contributed by atoms with Crippen LogP contribution in [0.25, 0.3) is 0 Å². The van der Waals surface area contributed by atoms with E-state index in [0.29, 0.717) is 12.2 Å². The molecule has 2 rings (SSSR count). The Morgan fingerprint density at radius 2 is 2.17 bits per heavy atom. The first-order valence-corrected chi connectivity index (χ1v) is 7.82. The Balaban J connectivity index is 2.33. The lowest BCUT2D eigenvalue weighted by Gasteiger charge is -2.07. The predicted octanol–water partition coefficient (Wildman–Crippen LogP) is 1.68. The number of hydrogen-bond donors (Lipinski definition) is 1. The Kier molecular flexibility index (Phi) is 3.45. The maximum Gasteiger partial charge on any atom is 0.178 e. The zero-order valence-electron chi connectivity index (χ0n) is 9.67. The van der Waals surface area contributed by atoms with Gasteiger partial charge in [0.25, 0.3) is 0 Å². The third kappa shape index (κ3) is 2.73. The van der Waals surface area contributed by atoms with Gasteiger partial charge in [0, 0.05) is 28.2 Å². The molecule has 0 radical (unpaired) electrons. The quantitative estimate of drug-likeness (QED) is 0.869. The number of anilines is 1. The van der Waals surface area contributed by atoms with Gasteiger partial charge in [0.15, 0.2) is 9.84 Å². The number of nitrogens with two attached hydrogens (primary N) is 1. The fourth-order valence-electron chi connectivity index (χ4n) is 1.53. The Hall–Kier alpha value is -1.34. The Morgan fingerprint density at radius 1 is 1.44 bits per heavy atom. The minimum atomic E-state index is -3.22. The number of benzene rings is 1. The van der Waals surface area contributed by atoms with E-state index in [1.807, 2.05) is 12.1 Å². The predicted molar refractivity (Wildman–Crippen MR) is 73.0 cm³/mol. The molecule has 18 heavy (non-hydrogen) atoms. The fraction of sp³-hybridized carbons (Fsp3) is 0.182. The van der Waals surface area contributed by atoms with Crippen molar-refractivity contribution in [3.8, 4) is 0 Å². The largest absolute Gasteiger partial charge is 0.398 e. The average Bonchev–Trinajstić information content (AvgIpc) is 2.72. The molecule has 0 saturated heterocycles. The van der Waals surface area contributed by atoms with Gasteiger partial charge in [-0.1, -0.05) is 22.0 Å². The molecule has 1 heterocycles. The van der Waals surface area contributed by atoms with Crippen LogP contribution in [-0.2, 0) is 16.4 Å². The Bertz CT molecular complexity index is 659. The summed E-state index contributed by atoms with van der Waals surface area (Å²) in [4.78, 5) is 0.202. The van der Waals surface area contributed by atoms with E-state index in [2.05, 4.69) is 21.0 Å². The molecule has 5 nitrogen and oxygen atoms in total. The van der Waals surface area contributed by atoms with E-state index in [1.165, 1.54) is 12.4 Å². The molecule has 0 bridgehead atoms. The summed E-state index contributed by atoms with van der Waals surface area (Å²) in [5.74, 6) is 0. The van der Waals surface area contributed by atoms with Crippen LogP contribution in [0.4, 0.5) is 5.69 Å². The summed E-state index contributed by atoms with van der Waals surface area (Å²) in [6, 6.07) is 5.52. The number of halogens is 1. The van der Waals surface area contributed by atoms with Crippen molar-refractivity contribution in [2.24, 2.45) is 0 Å². The van der Waals surface area contributed by atoms with Crippen LogP contribution < -0.4 is 5.73 Å². The Labute approximate surface area is 114 Å². The molecule has 0 fully saturated rings. The minimum Gasteiger partial charge on any atom is -0.398 e. The zero-order valence-corrected chi connectivity index (χ0v) is 12.1. The number of aromatic nitrogens is 2. The monoisotopic (exact) mass is 329 g/mol. The van der Waals surface area contributed by atoms with Crippen LogP contribution in [0.15, 0.2) is 40.0 Å². The van der Waals surface area contributed by atoms with Crippen LogP contribution in [0.5, 0.6) is 0 Å². The van der Waals surface area contributed by atoms with Crippen LogP contribution in [0.2, 0.25) is 0 Å². The van der Waals surface area contributed by atoms with Gasteiger partial charge >= 0.3 is 0 Å². The van der Waals surface area contributed by atoms with Gasteiger partial charge in [-0.25, -0.2) is 8.42 Å². The maximum absolute atomic E-state index is 11.3. The van der Waals surface area contributed by atoms with E-state index in [9.17, 15) is 8.42 Å². The first-order chi connectivity index (χ1) is 8.38. The van der Waals surface area contributed by atoms with Crippen molar-refractivity contribution < 1.29 is 8.42 Å². The molecule has 0 aliphatic carbocycles. The molecule has 0 spiro atoms. The van der Waals surface area contributed by atoms with E-state index < -0.39 is 9.84 Å². The summed E-state index contributed by atoms with van der Waals surface area (Å²) >= 11 is 3.41. The highest BCUT2D eigenvalue weighted by atomic mass is 79.9. The molecule has 0 aliphatic heterocycles. The fourth-order valence-corrected chi connectivity index (χ4v) is 2.59. The number of nitrogen functional groups attached to an aromatic ring is 1. The van der Waals surface area contributed by atoms with Crippen molar-refractivity contribution >= 4 is 31.5 Å². The first kappa shape index (κ1) is 13.1.